The van der Waals surface area contributed by atoms with Crippen LogP contribution in [0.5, 0.6) is 0 Å². The molecule has 0 bridgehead atoms. The Morgan fingerprint density at radius 2 is 1.95 bits per heavy atom. The first kappa shape index (κ1) is 17.1. The molecule has 0 aliphatic rings. The third-order valence-electron chi connectivity index (χ3n) is 3.19. The number of carbonyl (C=O) groups is 1. The van der Waals surface area contributed by atoms with Crippen LogP contribution in [-0.4, -0.2) is 27.5 Å². The number of nitrogens with one attached hydrogen (secondary N) is 1. The van der Waals surface area contributed by atoms with Gasteiger partial charge in [-0.2, -0.15) is 0 Å². The molecule has 1 rings (SSSR count). The van der Waals surface area contributed by atoms with Gasteiger partial charge in [-0.1, -0.05) is 20.8 Å². The summed E-state index contributed by atoms with van der Waals surface area (Å²) < 4.78 is 32.3. The number of aryl methyl sites for hydroxylation is 1. The van der Waals surface area contributed by atoms with E-state index in [0.29, 0.717) is 5.56 Å². The van der Waals surface area contributed by atoms with Crippen molar-refractivity contribution in [1.29, 1.82) is 0 Å². The first-order chi connectivity index (χ1) is 9.00. The average molecular weight is 319 g/mol. The molecule has 1 atom stereocenters. The molecule has 0 spiro atoms. The second kappa shape index (κ2) is 5.83. The number of hydrogen-bond acceptors (Lipinski definition) is 5. The lowest BCUT2D eigenvalue weighted by molar-refractivity contribution is 0.0602. The quantitative estimate of drug-likeness (QED) is 0.866. The second-order valence-electron chi connectivity index (χ2n) is 5.78. The maximum absolute atomic E-state index is 12.5. The number of carbonyl (C=O) groups excluding carboxylic acids is 1. The summed E-state index contributed by atoms with van der Waals surface area (Å²) in [5.41, 5.74) is 0.326. The van der Waals surface area contributed by atoms with E-state index in [1.54, 1.807) is 19.2 Å². The van der Waals surface area contributed by atoms with Crippen molar-refractivity contribution in [2.75, 3.05) is 7.11 Å². The highest BCUT2D eigenvalue weighted by Gasteiger charge is 2.31. The molecule has 0 aliphatic heterocycles. The van der Waals surface area contributed by atoms with E-state index in [0.717, 1.165) is 11.3 Å². The van der Waals surface area contributed by atoms with Crippen molar-refractivity contribution in [3.8, 4) is 0 Å². The third kappa shape index (κ3) is 3.59. The Bertz CT molecular complexity index is 596. The molecule has 0 amide bonds. The predicted octanol–water partition coefficient (Wildman–Crippen LogP) is 2.56. The van der Waals surface area contributed by atoms with Gasteiger partial charge < -0.3 is 4.74 Å². The first-order valence-electron chi connectivity index (χ1n) is 6.19. The molecule has 0 fully saturated rings. The standard InChI is InChI=1S/C13H21NO4S2/c1-8-7-19-10(12(15)18-6)11(8)20(16,17)14-9(2)13(3,4)5/h7,9,14H,1-6H3. The Labute approximate surface area is 124 Å². The van der Waals surface area contributed by atoms with E-state index in [1.165, 1.54) is 7.11 Å². The number of sulfonamides is 1. The second-order valence-corrected chi connectivity index (χ2v) is 8.31. The van der Waals surface area contributed by atoms with Gasteiger partial charge in [0.05, 0.1) is 7.11 Å². The zero-order valence-electron chi connectivity index (χ0n) is 12.6. The number of ether oxygens (including phenoxy) is 1. The zero-order chi connectivity index (χ0) is 15.7. The number of rotatable bonds is 4. The lowest BCUT2D eigenvalue weighted by Crippen LogP contribution is -2.41. The van der Waals surface area contributed by atoms with Crippen molar-refractivity contribution >= 4 is 27.3 Å². The molecule has 0 saturated carbocycles. The molecule has 7 heteroatoms. The monoisotopic (exact) mass is 319 g/mol. The van der Waals surface area contributed by atoms with Crippen LogP contribution in [-0.2, 0) is 14.8 Å². The fourth-order valence-electron chi connectivity index (χ4n) is 1.47. The number of methoxy groups -OCH3 is 1. The summed E-state index contributed by atoms with van der Waals surface area (Å²) in [6, 6.07) is -0.266. The molecule has 114 valence electrons. The highest BCUT2D eigenvalue weighted by atomic mass is 32.2. The molecule has 0 aromatic carbocycles. The van der Waals surface area contributed by atoms with Crippen LogP contribution in [0.15, 0.2) is 10.3 Å². The molecule has 1 aromatic heterocycles. The molecule has 20 heavy (non-hydrogen) atoms. The van der Waals surface area contributed by atoms with E-state index in [-0.39, 0.29) is 21.2 Å². The summed E-state index contributed by atoms with van der Waals surface area (Å²) in [7, 11) is -2.52. The van der Waals surface area contributed by atoms with Gasteiger partial charge in [0.2, 0.25) is 10.0 Å². The van der Waals surface area contributed by atoms with Crippen LogP contribution >= 0.6 is 11.3 Å². The van der Waals surface area contributed by atoms with Gasteiger partial charge in [-0.05, 0) is 30.2 Å². The Balaban J connectivity index is 3.23. The molecule has 5 nitrogen and oxygen atoms in total. The largest absolute Gasteiger partial charge is 0.465 e. The summed E-state index contributed by atoms with van der Waals surface area (Å²) in [4.78, 5) is 11.8. The third-order valence-corrected chi connectivity index (χ3v) is 6.12. The van der Waals surface area contributed by atoms with Crippen molar-refractivity contribution in [3.05, 3.63) is 15.8 Å². The topological polar surface area (TPSA) is 72.5 Å². The van der Waals surface area contributed by atoms with Crippen LogP contribution in [0, 0.1) is 12.3 Å². The van der Waals surface area contributed by atoms with Crippen LogP contribution in [0.25, 0.3) is 0 Å². The minimum Gasteiger partial charge on any atom is -0.465 e. The Hall–Kier alpha value is -0.920. The molecule has 0 radical (unpaired) electrons. The van der Waals surface area contributed by atoms with Gasteiger partial charge in [0.15, 0.2) is 0 Å². The molecule has 1 unspecified atom stereocenters. The predicted molar refractivity (Wildman–Crippen MR) is 79.6 cm³/mol. The van der Waals surface area contributed by atoms with E-state index in [4.69, 9.17) is 0 Å². The summed E-state index contributed by atoms with van der Waals surface area (Å²) in [6.45, 7) is 9.31. The van der Waals surface area contributed by atoms with Crippen molar-refractivity contribution in [3.63, 3.8) is 0 Å². The molecule has 1 N–H and O–H groups in total. The molecule has 0 aliphatic carbocycles. The SMILES string of the molecule is COC(=O)c1scc(C)c1S(=O)(=O)NC(C)C(C)(C)C. The Morgan fingerprint density at radius 3 is 2.40 bits per heavy atom. The Morgan fingerprint density at radius 1 is 1.40 bits per heavy atom. The lowest BCUT2D eigenvalue weighted by atomic mass is 9.89. The minimum absolute atomic E-state index is 0.0189. The van der Waals surface area contributed by atoms with E-state index in [2.05, 4.69) is 9.46 Å². The smallest absolute Gasteiger partial charge is 0.349 e. The van der Waals surface area contributed by atoms with Gasteiger partial charge in [0, 0.05) is 6.04 Å². The fraction of sp³-hybridized carbons (Fsp3) is 0.615. The van der Waals surface area contributed by atoms with Crippen LogP contribution in [0.1, 0.15) is 42.9 Å². The van der Waals surface area contributed by atoms with Crippen LogP contribution in [0.3, 0.4) is 0 Å². The number of esters is 1. The summed E-state index contributed by atoms with van der Waals surface area (Å²) in [5, 5.41) is 1.64. The molecule has 1 heterocycles. The van der Waals surface area contributed by atoms with Gasteiger partial charge in [-0.25, -0.2) is 17.9 Å². The summed E-state index contributed by atoms with van der Waals surface area (Å²) >= 11 is 1.08. The highest BCUT2D eigenvalue weighted by Crippen LogP contribution is 2.29. The van der Waals surface area contributed by atoms with Crippen molar-refractivity contribution < 1.29 is 17.9 Å². The van der Waals surface area contributed by atoms with E-state index >= 15 is 0 Å². The van der Waals surface area contributed by atoms with E-state index in [9.17, 15) is 13.2 Å². The molecular formula is C13H21NO4S2. The number of thiophene rings is 1. The molecule has 0 saturated heterocycles. The van der Waals surface area contributed by atoms with Crippen LogP contribution < -0.4 is 4.72 Å². The van der Waals surface area contributed by atoms with Gasteiger partial charge in [0.25, 0.3) is 0 Å². The maximum Gasteiger partial charge on any atom is 0.349 e. The number of hydrogen-bond donors (Lipinski definition) is 1. The lowest BCUT2D eigenvalue weighted by Gasteiger charge is -2.27. The molecular weight excluding hydrogens is 298 g/mol. The van der Waals surface area contributed by atoms with Gasteiger partial charge in [0.1, 0.15) is 9.77 Å². The van der Waals surface area contributed by atoms with Crippen LogP contribution in [0.4, 0.5) is 0 Å². The van der Waals surface area contributed by atoms with Crippen molar-refractivity contribution in [2.24, 2.45) is 5.41 Å². The minimum atomic E-state index is -3.76. The normalized spacial score (nSPS) is 14.1. The summed E-state index contributed by atoms with van der Waals surface area (Å²) in [5.74, 6) is -0.633. The van der Waals surface area contributed by atoms with E-state index < -0.39 is 16.0 Å². The fourth-order valence-corrected chi connectivity index (χ4v) is 4.62. The molecule has 1 aromatic rings. The zero-order valence-corrected chi connectivity index (χ0v) is 14.2. The van der Waals surface area contributed by atoms with E-state index in [1.807, 2.05) is 20.8 Å². The van der Waals surface area contributed by atoms with Gasteiger partial charge in [-0.3, -0.25) is 0 Å². The van der Waals surface area contributed by atoms with Gasteiger partial charge in [-0.15, -0.1) is 11.3 Å². The van der Waals surface area contributed by atoms with Crippen molar-refractivity contribution in [2.45, 2.75) is 45.6 Å². The average Bonchev–Trinajstić information content (AvgIpc) is 2.69. The first-order valence-corrected chi connectivity index (χ1v) is 8.55. The maximum atomic E-state index is 12.5. The summed E-state index contributed by atoms with van der Waals surface area (Å²) in [6.07, 6.45) is 0. The van der Waals surface area contributed by atoms with Gasteiger partial charge >= 0.3 is 5.97 Å². The van der Waals surface area contributed by atoms with Crippen molar-refractivity contribution in [1.82, 2.24) is 4.72 Å². The van der Waals surface area contributed by atoms with Crippen LogP contribution in [0.2, 0.25) is 0 Å². The Kier molecular flexibility index (Phi) is 4.99. The highest BCUT2D eigenvalue weighted by molar-refractivity contribution is 7.89.